The van der Waals surface area contributed by atoms with E-state index in [1.807, 2.05) is 0 Å². The summed E-state index contributed by atoms with van der Waals surface area (Å²) >= 11 is 0. The molecule has 0 spiro atoms. The van der Waals surface area contributed by atoms with Crippen molar-refractivity contribution in [2.24, 2.45) is 0 Å². The molecule has 70 valence electrons. The van der Waals surface area contributed by atoms with Gasteiger partial charge in [-0.05, 0) is 36.6 Å². The predicted octanol–water partition coefficient (Wildman–Crippen LogP) is 2.54. The lowest BCUT2D eigenvalue weighted by Gasteiger charge is -2.31. The third-order valence-corrected chi connectivity index (χ3v) is 2.99. The van der Waals surface area contributed by atoms with E-state index in [4.69, 9.17) is 0 Å². The number of nitrogens with zero attached hydrogens (tertiary/aromatic N) is 1. The summed E-state index contributed by atoms with van der Waals surface area (Å²) in [5.74, 6) is 0.689. The second-order valence-corrected chi connectivity index (χ2v) is 4.24. The van der Waals surface area contributed by atoms with E-state index in [0.717, 1.165) is 6.54 Å². The molecule has 0 aliphatic carbocycles. The van der Waals surface area contributed by atoms with Crippen LogP contribution in [0.3, 0.4) is 0 Å². The van der Waals surface area contributed by atoms with E-state index >= 15 is 0 Å². The van der Waals surface area contributed by atoms with Gasteiger partial charge in [-0.15, -0.1) is 0 Å². The Hall–Kier alpha value is -0.820. The Balaban J connectivity index is 2.49. The summed E-state index contributed by atoms with van der Waals surface area (Å²) in [7, 11) is 2.20. The van der Waals surface area contributed by atoms with Gasteiger partial charge in [0.1, 0.15) is 0 Å². The molecule has 1 aliphatic rings. The van der Waals surface area contributed by atoms with Gasteiger partial charge in [0.25, 0.3) is 0 Å². The van der Waals surface area contributed by atoms with Gasteiger partial charge in [0, 0.05) is 13.1 Å². The minimum atomic E-state index is 0.689. The molecule has 0 N–H and O–H groups in total. The van der Waals surface area contributed by atoms with Crippen molar-refractivity contribution in [2.75, 3.05) is 13.6 Å². The van der Waals surface area contributed by atoms with Crippen molar-refractivity contribution < 1.29 is 0 Å². The molecule has 0 aromatic heterocycles. The number of likely N-dealkylation sites (N-methyl/N-ethyl adjacent to an activating group) is 1. The maximum atomic E-state index is 2.40. The first kappa shape index (κ1) is 8.76. The Bertz CT molecular complexity index is 317. The minimum Gasteiger partial charge on any atom is -0.301 e. The molecular formula is C12H17N. The lowest BCUT2D eigenvalue weighted by molar-refractivity contribution is 0.287. The quantitative estimate of drug-likeness (QED) is 0.585. The van der Waals surface area contributed by atoms with Gasteiger partial charge in [-0.1, -0.05) is 25.1 Å². The van der Waals surface area contributed by atoms with Gasteiger partial charge in [0.05, 0.1) is 0 Å². The molecule has 0 bridgehead atoms. The van der Waals surface area contributed by atoms with E-state index in [-0.39, 0.29) is 0 Å². The van der Waals surface area contributed by atoms with Crippen LogP contribution in [0.2, 0.25) is 0 Å². The van der Waals surface area contributed by atoms with Gasteiger partial charge in [-0.25, -0.2) is 0 Å². The summed E-state index contributed by atoms with van der Waals surface area (Å²) in [6.45, 7) is 6.83. The Morgan fingerprint density at radius 1 is 1.38 bits per heavy atom. The Kier molecular flexibility index (Phi) is 2.12. The van der Waals surface area contributed by atoms with Gasteiger partial charge in [-0.3, -0.25) is 0 Å². The van der Waals surface area contributed by atoms with Crippen molar-refractivity contribution in [2.45, 2.75) is 26.3 Å². The SMILES string of the molecule is Cc1cccc2c1CN(C)CC2C. The molecule has 1 heterocycles. The fraction of sp³-hybridized carbons (Fsp3) is 0.500. The predicted molar refractivity (Wildman–Crippen MR) is 55.9 cm³/mol. The number of aryl methyl sites for hydroxylation is 1. The summed E-state index contributed by atoms with van der Waals surface area (Å²) < 4.78 is 0. The Morgan fingerprint density at radius 2 is 2.15 bits per heavy atom. The molecule has 1 aromatic carbocycles. The molecule has 0 fully saturated rings. The van der Waals surface area contributed by atoms with E-state index < -0.39 is 0 Å². The van der Waals surface area contributed by atoms with Crippen molar-refractivity contribution >= 4 is 0 Å². The first-order valence-corrected chi connectivity index (χ1v) is 4.95. The maximum absolute atomic E-state index is 2.40. The molecular weight excluding hydrogens is 158 g/mol. The fourth-order valence-corrected chi connectivity index (χ4v) is 2.30. The van der Waals surface area contributed by atoms with Crippen LogP contribution in [0.25, 0.3) is 0 Å². The lowest BCUT2D eigenvalue weighted by Crippen LogP contribution is -2.29. The molecule has 0 saturated heterocycles. The van der Waals surface area contributed by atoms with Crippen LogP contribution in [-0.2, 0) is 6.54 Å². The zero-order chi connectivity index (χ0) is 9.42. The van der Waals surface area contributed by atoms with Crippen LogP contribution in [0.4, 0.5) is 0 Å². The topological polar surface area (TPSA) is 3.24 Å². The highest BCUT2D eigenvalue weighted by Gasteiger charge is 2.20. The van der Waals surface area contributed by atoms with Crippen LogP contribution in [0.1, 0.15) is 29.5 Å². The van der Waals surface area contributed by atoms with Crippen molar-refractivity contribution in [3.05, 3.63) is 34.9 Å². The zero-order valence-corrected chi connectivity index (χ0v) is 8.67. The summed E-state index contributed by atoms with van der Waals surface area (Å²) in [4.78, 5) is 2.40. The third kappa shape index (κ3) is 1.49. The average molecular weight is 175 g/mol. The van der Waals surface area contributed by atoms with Crippen LogP contribution < -0.4 is 0 Å². The lowest BCUT2D eigenvalue weighted by atomic mass is 9.89. The number of hydrogen-bond acceptors (Lipinski definition) is 1. The monoisotopic (exact) mass is 175 g/mol. The molecule has 1 unspecified atom stereocenters. The summed E-state index contributed by atoms with van der Waals surface area (Å²) in [5, 5.41) is 0. The number of fused-ring (bicyclic) bond motifs is 1. The van der Waals surface area contributed by atoms with E-state index in [1.165, 1.54) is 12.1 Å². The van der Waals surface area contributed by atoms with Crippen molar-refractivity contribution in [1.29, 1.82) is 0 Å². The standard InChI is InChI=1S/C12H17N/c1-9-5-4-6-11-10(2)7-13(3)8-12(9)11/h4-6,10H,7-8H2,1-3H3. The number of rotatable bonds is 0. The second kappa shape index (κ2) is 3.15. The summed E-state index contributed by atoms with van der Waals surface area (Å²) in [6, 6.07) is 6.67. The van der Waals surface area contributed by atoms with Gasteiger partial charge >= 0.3 is 0 Å². The van der Waals surface area contributed by atoms with E-state index in [1.54, 1.807) is 11.1 Å². The van der Waals surface area contributed by atoms with Gasteiger partial charge < -0.3 is 4.90 Å². The zero-order valence-electron chi connectivity index (χ0n) is 8.67. The van der Waals surface area contributed by atoms with Crippen LogP contribution >= 0.6 is 0 Å². The van der Waals surface area contributed by atoms with Crippen LogP contribution in [0.5, 0.6) is 0 Å². The summed E-state index contributed by atoms with van der Waals surface area (Å²) in [6.07, 6.45) is 0. The van der Waals surface area contributed by atoms with Crippen LogP contribution in [-0.4, -0.2) is 18.5 Å². The first-order chi connectivity index (χ1) is 6.18. The van der Waals surface area contributed by atoms with Crippen molar-refractivity contribution in [3.8, 4) is 0 Å². The molecule has 13 heavy (non-hydrogen) atoms. The molecule has 1 nitrogen and oxygen atoms in total. The summed E-state index contributed by atoms with van der Waals surface area (Å²) in [5.41, 5.74) is 4.54. The highest BCUT2D eigenvalue weighted by atomic mass is 15.1. The molecule has 0 saturated carbocycles. The van der Waals surface area contributed by atoms with Gasteiger partial charge in [-0.2, -0.15) is 0 Å². The molecule has 1 aromatic rings. The van der Waals surface area contributed by atoms with Crippen LogP contribution in [0, 0.1) is 6.92 Å². The number of hydrogen-bond donors (Lipinski definition) is 0. The molecule has 1 heteroatoms. The third-order valence-electron chi connectivity index (χ3n) is 2.99. The molecule has 0 radical (unpaired) electrons. The largest absolute Gasteiger partial charge is 0.301 e. The fourth-order valence-electron chi connectivity index (χ4n) is 2.30. The Morgan fingerprint density at radius 3 is 2.92 bits per heavy atom. The average Bonchev–Trinajstić information content (AvgIpc) is 2.07. The normalized spacial score (nSPS) is 22.8. The van der Waals surface area contributed by atoms with Crippen molar-refractivity contribution in [3.63, 3.8) is 0 Å². The van der Waals surface area contributed by atoms with Crippen LogP contribution in [0.15, 0.2) is 18.2 Å². The van der Waals surface area contributed by atoms with Gasteiger partial charge in [0.15, 0.2) is 0 Å². The highest BCUT2D eigenvalue weighted by Crippen LogP contribution is 2.28. The maximum Gasteiger partial charge on any atom is 0.0236 e. The van der Waals surface area contributed by atoms with E-state index in [9.17, 15) is 0 Å². The van der Waals surface area contributed by atoms with Crippen molar-refractivity contribution in [1.82, 2.24) is 4.90 Å². The second-order valence-electron chi connectivity index (χ2n) is 4.24. The molecule has 2 rings (SSSR count). The number of benzene rings is 1. The smallest absolute Gasteiger partial charge is 0.0236 e. The first-order valence-electron chi connectivity index (χ1n) is 4.95. The molecule has 1 aliphatic heterocycles. The molecule has 1 atom stereocenters. The highest BCUT2D eigenvalue weighted by molar-refractivity contribution is 5.38. The molecule has 0 amide bonds. The Labute approximate surface area is 80.4 Å². The minimum absolute atomic E-state index is 0.689. The van der Waals surface area contributed by atoms with E-state index in [2.05, 4.69) is 44.0 Å². The van der Waals surface area contributed by atoms with Gasteiger partial charge in [0.2, 0.25) is 0 Å². The van der Waals surface area contributed by atoms with E-state index in [0.29, 0.717) is 5.92 Å².